The minimum Gasteiger partial charge on any atom is -0.321 e. The number of thiophene rings is 1. The largest absolute Gasteiger partial charge is 0.321 e. The van der Waals surface area contributed by atoms with Crippen LogP contribution in [0.5, 0.6) is 0 Å². The molecule has 0 spiro atoms. The second-order valence-electron chi connectivity index (χ2n) is 6.49. The molecule has 0 fully saturated rings. The van der Waals surface area contributed by atoms with Crippen molar-refractivity contribution in [2.24, 2.45) is 0 Å². The van der Waals surface area contributed by atoms with Crippen LogP contribution >= 0.6 is 11.3 Å². The van der Waals surface area contributed by atoms with Gasteiger partial charge in [0.25, 0.3) is 5.91 Å². The van der Waals surface area contributed by atoms with Gasteiger partial charge in [0.1, 0.15) is 4.83 Å². The third-order valence-electron chi connectivity index (χ3n) is 4.32. The van der Waals surface area contributed by atoms with Crippen LogP contribution in [0, 0.1) is 20.8 Å². The molecule has 4 nitrogen and oxygen atoms in total. The van der Waals surface area contributed by atoms with E-state index in [2.05, 4.69) is 29.5 Å². The number of rotatable bonds is 3. The third kappa shape index (κ3) is 3.02. The lowest BCUT2D eigenvalue weighted by atomic mass is 10.2. The van der Waals surface area contributed by atoms with Gasteiger partial charge in [-0.15, -0.1) is 11.3 Å². The zero-order chi connectivity index (χ0) is 18.3. The molecule has 4 aromatic rings. The highest BCUT2D eigenvalue weighted by atomic mass is 32.1. The van der Waals surface area contributed by atoms with E-state index in [0.717, 1.165) is 27.3 Å². The first kappa shape index (κ1) is 16.5. The van der Waals surface area contributed by atoms with Crippen LogP contribution in [0.2, 0.25) is 0 Å². The Hall–Kier alpha value is -2.92. The number of benzene rings is 2. The van der Waals surface area contributed by atoms with Crippen LogP contribution in [0.4, 0.5) is 5.69 Å². The minimum absolute atomic E-state index is 0.0924. The van der Waals surface area contributed by atoms with Crippen LogP contribution in [0.1, 0.15) is 26.5 Å². The Balaban J connectivity index is 1.70. The van der Waals surface area contributed by atoms with Gasteiger partial charge in [-0.3, -0.25) is 4.79 Å². The number of aromatic nitrogens is 2. The van der Waals surface area contributed by atoms with Gasteiger partial charge in [0.05, 0.1) is 16.3 Å². The number of hydrogen-bond donors (Lipinski definition) is 1. The summed E-state index contributed by atoms with van der Waals surface area (Å²) in [4.78, 5) is 14.3. The summed E-state index contributed by atoms with van der Waals surface area (Å²) < 4.78 is 1.92. The van der Waals surface area contributed by atoms with E-state index in [1.54, 1.807) is 0 Å². The number of nitrogens with zero attached hydrogens (tertiary/aromatic N) is 2. The molecule has 0 aliphatic carbocycles. The van der Waals surface area contributed by atoms with Crippen LogP contribution in [-0.2, 0) is 0 Å². The van der Waals surface area contributed by atoms with Crippen LogP contribution in [-0.4, -0.2) is 15.7 Å². The first-order valence-corrected chi connectivity index (χ1v) is 9.27. The highest BCUT2D eigenvalue weighted by molar-refractivity contribution is 7.20. The van der Waals surface area contributed by atoms with E-state index in [4.69, 9.17) is 0 Å². The van der Waals surface area contributed by atoms with E-state index in [9.17, 15) is 4.79 Å². The van der Waals surface area contributed by atoms with Crippen LogP contribution < -0.4 is 5.32 Å². The fraction of sp³-hybridized carbons (Fsp3) is 0.143. The summed E-state index contributed by atoms with van der Waals surface area (Å²) in [6, 6.07) is 17.9. The molecule has 1 N–H and O–H groups in total. The number of aryl methyl sites for hydroxylation is 3. The number of anilines is 1. The second kappa shape index (κ2) is 6.42. The Morgan fingerprint density at radius 3 is 2.50 bits per heavy atom. The van der Waals surface area contributed by atoms with Gasteiger partial charge in [0, 0.05) is 11.1 Å². The van der Waals surface area contributed by atoms with Gasteiger partial charge < -0.3 is 5.32 Å². The smallest absolute Gasteiger partial charge is 0.265 e. The van der Waals surface area contributed by atoms with Crippen molar-refractivity contribution in [3.8, 4) is 5.69 Å². The van der Waals surface area contributed by atoms with Crippen LogP contribution in [0.25, 0.3) is 15.9 Å². The number of fused-ring (bicyclic) bond motifs is 1. The molecule has 0 radical (unpaired) electrons. The molecule has 0 aliphatic heterocycles. The van der Waals surface area contributed by atoms with Crippen molar-refractivity contribution in [3.63, 3.8) is 0 Å². The van der Waals surface area contributed by atoms with Crippen molar-refractivity contribution in [1.82, 2.24) is 9.78 Å². The molecule has 0 saturated heterocycles. The predicted octanol–water partition coefficient (Wildman–Crippen LogP) is 5.26. The molecule has 5 heteroatoms. The van der Waals surface area contributed by atoms with E-state index >= 15 is 0 Å². The van der Waals surface area contributed by atoms with Crippen molar-refractivity contribution < 1.29 is 4.79 Å². The maximum atomic E-state index is 12.6. The fourth-order valence-corrected chi connectivity index (χ4v) is 4.00. The molecule has 0 unspecified atom stereocenters. The van der Waals surface area contributed by atoms with Crippen LogP contribution in [0.3, 0.4) is 0 Å². The maximum Gasteiger partial charge on any atom is 0.265 e. The van der Waals surface area contributed by atoms with Crippen molar-refractivity contribution in [3.05, 3.63) is 76.3 Å². The van der Waals surface area contributed by atoms with Crippen molar-refractivity contribution in [1.29, 1.82) is 0 Å². The predicted molar refractivity (Wildman–Crippen MR) is 108 cm³/mol. The van der Waals surface area contributed by atoms with E-state index in [0.29, 0.717) is 4.88 Å². The highest BCUT2D eigenvalue weighted by Gasteiger charge is 2.17. The average molecular weight is 361 g/mol. The van der Waals surface area contributed by atoms with Gasteiger partial charge in [0.2, 0.25) is 0 Å². The lowest BCUT2D eigenvalue weighted by Gasteiger charge is -2.04. The first-order chi connectivity index (χ1) is 12.5. The second-order valence-corrected chi connectivity index (χ2v) is 7.52. The first-order valence-electron chi connectivity index (χ1n) is 8.45. The summed E-state index contributed by atoms with van der Waals surface area (Å²) >= 11 is 1.46. The van der Waals surface area contributed by atoms with Crippen molar-refractivity contribution in [2.75, 3.05) is 5.32 Å². The quantitative estimate of drug-likeness (QED) is 0.541. The van der Waals surface area contributed by atoms with Crippen molar-refractivity contribution in [2.45, 2.75) is 20.8 Å². The Labute approximate surface area is 156 Å². The van der Waals surface area contributed by atoms with Gasteiger partial charge in [0.15, 0.2) is 0 Å². The third-order valence-corrected chi connectivity index (χ3v) is 5.43. The summed E-state index contributed by atoms with van der Waals surface area (Å²) in [6.07, 6.45) is 0. The van der Waals surface area contributed by atoms with Gasteiger partial charge in [-0.2, -0.15) is 5.10 Å². The summed E-state index contributed by atoms with van der Waals surface area (Å²) in [5.41, 5.74) is 5.08. The molecule has 0 saturated carbocycles. The normalized spacial score (nSPS) is 11.0. The zero-order valence-corrected chi connectivity index (χ0v) is 15.7. The lowest BCUT2D eigenvalue weighted by Crippen LogP contribution is -2.10. The van der Waals surface area contributed by atoms with Gasteiger partial charge in [-0.1, -0.05) is 29.8 Å². The topological polar surface area (TPSA) is 46.9 Å². The maximum absolute atomic E-state index is 12.6. The van der Waals surface area contributed by atoms with E-state index < -0.39 is 0 Å². The molecule has 1 amide bonds. The standard InChI is InChI=1S/C21H19N3OS/c1-13-7-9-16(10-8-13)22-20(25)19-12-18-15(3)23-24(21(18)26-19)17-6-4-5-14(2)11-17/h4-12H,1-3H3,(H,22,25). The monoisotopic (exact) mass is 361 g/mol. The minimum atomic E-state index is -0.0924. The number of carbonyl (C=O) groups excluding carboxylic acids is 1. The zero-order valence-electron chi connectivity index (χ0n) is 14.9. The average Bonchev–Trinajstić information content (AvgIpc) is 3.18. The molecule has 0 aliphatic rings. The molecule has 26 heavy (non-hydrogen) atoms. The van der Waals surface area contributed by atoms with Gasteiger partial charge >= 0.3 is 0 Å². The Kier molecular flexibility index (Phi) is 4.09. The summed E-state index contributed by atoms with van der Waals surface area (Å²) in [7, 11) is 0. The molecule has 4 rings (SSSR count). The number of carbonyl (C=O) groups is 1. The Bertz CT molecular complexity index is 1110. The molecule has 2 heterocycles. The van der Waals surface area contributed by atoms with Gasteiger partial charge in [-0.25, -0.2) is 4.68 Å². The molecule has 0 atom stereocenters. The summed E-state index contributed by atoms with van der Waals surface area (Å²) in [6.45, 7) is 6.06. The summed E-state index contributed by atoms with van der Waals surface area (Å²) in [5.74, 6) is -0.0924. The van der Waals surface area contributed by atoms with E-state index in [1.165, 1.54) is 22.5 Å². The van der Waals surface area contributed by atoms with E-state index in [1.807, 2.05) is 61.0 Å². The molecule has 0 bridgehead atoms. The highest BCUT2D eigenvalue weighted by Crippen LogP contribution is 2.31. The summed E-state index contributed by atoms with van der Waals surface area (Å²) in [5, 5.41) is 8.64. The lowest BCUT2D eigenvalue weighted by molar-refractivity contribution is 0.103. The molecule has 2 aromatic heterocycles. The molecular weight excluding hydrogens is 342 g/mol. The SMILES string of the molecule is Cc1ccc(NC(=O)c2cc3c(C)nn(-c4cccc(C)c4)c3s2)cc1. The molecular formula is C21H19N3OS. The number of amides is 1. The number of hydrogen-bond acceptors (Lipinski definition) is 3. The van der Waals surface area contributed by atoms with E-state index in [-0.39, 0.29) is 5.91 Å². The fourth-order valence-electron chi connectivity index (χ4n) is 2.92. The van der Waals surface area contributed by atoms with Crippen LogP contribution in [0.15, 0.2) is 54.6 Å². The molecule has 130 valence electrons. The van der Waals surface area contributed by atoms with Gasteiger partial charge in [-0.05, 0) is 56.7 Å². The Morgan fingerprint density at radius 1 is 1.00 bits per heavy atom. The number of nitrogens with one attached hydrogen (secondary N) is 1. The van der Waals surface area contributed by atoms with Crippen molar-refractivity contribution >= 4 is 33.1 Å². The molecule has 2 aromatic carbocycles. The Morgan fingerprint density at radius 2 is 1.77 bits per heavy atom.